The molecule has 0 saturated carbocycles. The zero-order valence-corrected chi connectivity index (χ0v) is 15.9. The molecule has 9 heteroatoms. The number of carbonyl (C=O) groups excluding carboxylic acids is 1. The van der Waals surface area contributed by atoms with Crippen molar-refractivity contribution in [3.8, 4) is 0 Å². The van der Waals surface area contributed by atoms with Crippen molar-refractivity contribution in [2.45, 2.75) is 4.90 Å². The lowest BCUT2D eigenvalue weighted by Gasteiger charge is -2.22. The Kier molecular flexibility index (Phi) is 6.51. The van der Waals surface area contributed by atoms with E-state index in [1.165, 1.54) is 30.3 Å². The second-order valence-electron chi connectivity index (χ2n) is 5.96. The summed E-state index contributed by atoms with van der Waals surface area (Å²) in [6.07, 6.45) is 2.72. The number of rotatable bonds is 6. The third-order valence-electron chi connectivity index (χ3n) is 3.88. The number of carbonyl (C=O) groups is 1. The van der Waals surface area contributed by atoms with Crippen molar-refractivity contribution in [2.24, 2.45) is 10.3 Å². The van der Waals surface area contributed by atoms with E-state index in [-0.39, 0.29) is 4.90 Å². The highest BCUT2D eigenvalue weighted by molar-refractivity contribution is 7.90. The first-order valence-electron chi connectivity index (χ1n) is 8.67. The Bertz CT molecular complexity index is 951. The lowest BCUT2D eigenvalue weighted by atomic mass is 10.2. The minimum absolute atomic E-state index is 0.0284. The molecule has 1 aliphatic rings. The Hall–Kier alpha value is -3.04. The van der Waals surface area contributed by atoms with Crippen LogP contribution in [0.25, 0.3) is 6.08 Å². The maximum absolute atomic E-state index is 12.3. The van der Waals surface area contributed by atoms with E-state index in [9.17, 15) is 13.2 Å². The predicted molar refractivity (Wildman–Crippen MR) is 104 cm³/mol. The van der Waals surface area contributed by atoms with Gasteiger partial charge >= 0.3 is 0 Å². The molecule has 0 unspecified atom stereocenters. The van der Waals surface area contributed by atoms with Crippen LogP contribution in [0.5, 0.6) is 0 Å². The van der Waals surface area contributed by atoms with E-state index >= 15 is 0 Å². The summed E-state index contributed by atoms with van der Waals surface area (Å²) < 4.78 is 31.9. The van der Waals surface area contributed by atoms with Crippen LogP contribution in [0.15, 0.2) is 75.9 Å². The number of morpholine rings is 1. The fraction of sp³-hybridized carbons (Fsp3) is 0.211. The van der Waals surface area contributed by atoms with Gasteiger partial charge in [0.2, 0.25) is 0 Å². The molecular weight excluding hydrogens is 380 g/mol. The fourth-order valence-corrected chi connectivity index (χ4v) is 3.36. The first-order valence-corrected chi connectivity index (χ1v) is 10.2. The number of ether oxygens (including phenoxy) is 1. The minimum atomic E-state index is -3.97. The molecule has 8 nitrogen and oxygen atoms in total. The molecule has 0 aromatic heterocycles. The summed E-state index contributed by atoms with van der Waals surface area (Å²) in [4.78, 5) is 11.9. The summed E-state index contributed by atoms with van der Waals surface area (Å²) in [6.45, 7) is 2.54. The molecule has 0 spiro atoms. The number of nitrogens with zero attached hydrogens (tertiary/aromatic N) is 3. The molecule has 0 radical (unpaired) electrons. The van der Waals surface area contributed by atoms with E-state index in [4.69, 9.17) is 4.74 Å². The van der Waals surface area contributed by atoms with E-state index in [1.54, 1.807) is 11.1 Å². The molecule has 2 aromatic carbocycles. The Labute approximate surface area is 163 Å². The van der Waals surface area contributed by atoms with Crippen LogP contribution < -0.4 is 4.72 Å². The van der Waals surface area contributed by atoms with Gasteiger partial charge in [-0.3, -0.25) is 9.80 Å². The fourth-order valence-electron chi connectivity index (χ4n) is 2.41. The van der Waals surface area contributed by atoms with Crippen LogP contribution in [0.2, 0.25) is 0 Å². The molecule has 1 N–H and O–H groups in total. The molecule has 28 heavy (non-hydrogen) atoms. The Morgan fingerprint density at radius 2 is 1.71 bits per heavy atom. The Morgan fingerprint density at radius 1 is 1.04 bits per heavy atom. The van der Waals surface area contributed by atoms with Crippen LogP contribution in [0.1, 0.15) is 5.56 Å². The normalized spacial score (nSPS) is 15.2. The summed E-state index contributed by atoms with van der Waals surface area (Å²) in [5.74, 6) is -0.722. The number of benzene rings is 2. The average molecular weight is 400 g/mol. The van der Waals surface area contributed by atoms with Crippen LogP contribution in [0.4, 0.5) is 5.69 Å². The maximum Gasteiger partial charge on any atom is 0.264 e. The molecule has 0 bridgehead atoms. The highest BCUT2D eigenvalue weighted by Gasteiger charge is 2.16. The van der Waals surface area contributed by atoms with Gasteiger partial charge in [0, 0.05) is 6.08 Å². The Balaban J connectivity index is 1.60. The summed E-state index contributed by atoms with van der Waals surface area (Å²) in [5, 5.41) is 9.96. The predicted octanol–water partition coefficient (Wildman–Crippen LogP) is 2.54. The average Bonchev–Trinajstić information content (AvgIpc) is 2.72. The molecule has 0 aliphatic carbocycles. The standard InChI is InChI=1S/C19H20N4O4S/c24-19(11-6-16-4-2-1-3-5-16)21-28(25,26)18-9-7-17(8-10-18)20-22-23-12-14-27-15-13-23/h1-11H,12-15H2,(H,21,24). The quantitative estimate of drug-likeness (QED) is 0.593. The van der Waals surface area contributed by atoms with Gasteiger partial charge < -0.3 is 4.74 Å². The smallest absolute Gasteiger partial charge is 0.264 e. The van der Waals surface area contributed by atoms with E-state index in [0.717, 1.165) is 5.56 Å². The van der Waals surface area contributed by atoms with Gasteiger partial charge in [0.05, 0.1) is 36.9 Å². The molecule has 1 fully saturated rings. The topological polar surface area (TPSA) is 100 Å². The van der Waals surface area contributed by atoms with Crippen molar-refractivity contribution < 1.29 is 17.9 Å². The van der Waals surface area contributed by atoms with Gasteiger partial charge in [-0.2, -0.15) is 0 Å². The van der Waals surface area contributed by atoms with E-state index in [0.29, 0.717) is 32.0 Å². The van der Waals surface area contributed by atoms with Crippen LogP contribution in [-0.2, 0) is 19.6 Å². The molecular formula is C19H20N4O4S. The zero-order valence-electron chi connectivity index (χ0n) is 15.1. The molecule has 1 aliphatic heterocycles. The zero-order chi connectivity index (χ0) is 19.8. The molecule has 3 rings (SSSR count). The lowest BCUT2D eigenvalue weighted by Crippen LogP contribution is -2.31. The van der Waals surface area contributed by atoms with Gasteiger partial charge in [-0.05, 0) is 35.9 Å². The van der Waals surface area contributed by atoms with Crippen molar-refractivity contribution in [3.05, 3.63) is 66.2 Å². The molecule has 1 heterocycles. The molecule has 0 atom stereocenters. The van der Waals surface area contributed by atoms with Gasteiger partial charge in [-0.1, -0.05) is 35.6 Å². The van der Waals surface area contributed by atoms with Gasteiger partial charge in [0.15, 0.2) is 0 Å². The number of hydrogen-bond acceptors (Lipinski definition) is 6. The van der Waals surface area contributed by atoms with Gasteiger partial charge in [-0.25, -0.2) is 13.1 Å². The molecule has 1 saturated heterocycles. The van der Waals surface area contributed by atoms with Crippen LogP contribution in [-0.4, -0.2) is 45.6 Å². The van der Waals surface area contributed by atoms with E-state index < -0.39 is 15.9 Å². The van der Waals surface area contributed by atoms with Crippen molar-refractivity contribution in [1.82, 2.24) is 9.73 Å². The van der Waals surface area contributed by atoms with Gasteiger partial charge in [-0.15, -0.1) is 5.11 Å². The van der Waals surface area contributed by atoms with Crippen LogP contribution in [0, 0.1) is 0 Å². The van der Waals surface area contributed by atoms with E-state index in [1.807, 2.05) is 35.1 Å². The molecule has 1 amide bonds. The summed E-state index contributed by atoms with van der Waals surface area (Å²) >= 11 is 0. The van der Waals surface area contributed by atoms with E-state index in [2.05, 4.69) is 10.3 Å². The highest BCUT2D eigenvalue weighted by atomic mass is 32.2. The molecule has 2 aromatic rings. The number of nitrogens with one attached hydrogen (secondary N) is 1. The Morgan fingerprint density at radius 3 is 2.39 bits per heavy atom. The van der Waals surface area contributed by atoms with Crippen molar-refractivity contribution in [2.75, 3.05) is 26.3 Å². The number of hydrogen-bond donors (Lipinski definition) is 1. The summed E-state index contributed by atoms with van der Waals surface area (Å²) in [5.41, 5.74) is 1.31. The van der Waals surface area contributed by atoms with Gasteiger partial charge in [0.25, 0.3) is 15.9 Å². The lowest BCUT2D eigenvalue weighted by molar-refractivity contribution is -0.114. The van der Waals surface area contributed by atoms with Crippen molar-refractivity contribution >= 4 is 27.7 Å². The molecule has 146 valence electrons. The van der Waals surface area contributed by atoms with Crippen LogP contribution in [0.3, 0.4) is 0 Å². The van der Waals surface area contributed by atoms with Crippen molar-refractivity contribution in [3.63, 3.8) is 0 Å². The van der Waals surface area contributed by atoms with Crippen molar-refractivity contribution in [1.29, 1.82) is 0 Å². The second kappa shape index (κ2) is 9.25. The summed E-state index contributed by atoms with van der Waals surface area (Å²) in [6, 6.07) is 14.9. The largest absolute Gasteiger partial charge is 0.378 e. The van der Waals surface area contributed by atoms with Crippen LogP contribution >= 0.6 is 0 Å². The third-order valence-corrected chi connectivity index (χ3v) is 5.25. The second-order valence-corrected chi connectivity index (χ2v) is 7.65. The van der Waals surface area contributed by atoms with Gasteiger partial charge in [0.1, 0.15) is 0 Å². The monoisotopic (exact) mass is 400 g/mol. The maximum atomic E-state index is 12.3. The first-order chi connectivity index (χ1) is 13.5. The highest BCUT2D eigenvalue weighted by Crippen LogP contribution is 2.17. The summed E-state index contributed by atoms with van der Waals surface area (Å²) in [7, 11) is -3.97. The number of amides is 1. The minimum Gasteiger partial charge on any atom is -0.378 e. The number of sulfonamides is 1. The first kappa shape index (κ1) is 19.7. The third kappa shape index (κ3) is 5.73. The SMILES string of the molecule is O=C(C=Cc1ccccc1)NS(=O)(=O)c1ccc(N=NN2CCOCC2)cc1.